The molecule has 0 amide bonds. The van der Waals surface area contributed by atoms with Gasteiger partial charge in [-0.25, -0.2) is 0 Å². The third-order valence-electron chi connectivity index (χ3n) is 2.45. The molecule has 130 valence electrons. The molecule has 3 atom stereocenters. The van der Waals surface area contributed by atoms with Crippen molar-refractivity contribution >= 4 is 30.2 Å². The van der Waals surface area contributed by atoms with Gasteiger partial charge in [-0.05, 0) is 0 Å². The molecule has 23 heavy (non-hydrogen) atoms. The summed E-state index contributed by atoms with van der Waals surface area (Å²) in [5, 5.41) is 0. The summed E-state index contributed by atoms with van der Waals surface area (Å²) in [6.45, 7) is 4.02. The van der Waals surface area contributed by atoms with Gasteiger partial charge in [-0.2, -0.15) is 0 Å². The fraction of sp³-hybridized carbons (Fsp3) is 0.643. The number of carbonyl (C=O) groups excluding carboxylic acids is 5. The highest BCUT2D eigenvalue weighted by Gasteiger charge is 2.37. The zero-order chi connectivity index (χ0) is 18.0. The van der Waals surface area contributed by atoms with Crippen LogP contribution in [0, 0.1) is 0 Å². The van der Waals surface area contributed by atoms with Gasteiger partial charge in [-0.1, -0.05) is 0 Å². The molecule has 0 aromatic carbocycles. The first kappa shape index (κ1) is 20.6. The summed E-state index contributed by atoms with van der Waals surface area (Å²) in [4.78, 5) is 55.4. The van der Waals surface area contributed by atoms with Crippen LogP contribution in [0.15, 0.2) is 0 Å². The quantitative estimate of drug-likeness (QED) is 0.324. The van der Waals surface area contributed by atoms with Gasteiger partial charge in [0.05, 0.1) is 0 Å². The van der Waals surface area contributed by atoms with E-state index in [0.29, 0.717) is 6.29 Å². The number of rotatable bonds is 9. The first-order chi connectivity index (χ1) is 10.7. The van der Waals surface area contributed by atoms with Crippen molar-refractivity contribution in [2.45, 2.75) is 52.4 Å². The van der Waals surface area contributed by atoms with E-state index in [1.807, 2.05) is 0 Å². The second kappa shape index (κ2) is 10.3. The first-order valence-electron chi connectivity index (χ1n) is 6.76. The summed E-state index contributed by atoms with van der Waals surface area (Å²) in [6.07, 6.45) is -3.56. The van der Waals surface area contributed by atoms with E-state index >= 15 is 0 Å². The molecule has 0 rings (SSSR count). The average molecular weight is 332 g/mol. The zero-order valence-corrected chi connectivity index (χ0v) is 13.4. The molecule has 0 aromatic heterocycles. The molecule has 0 bridgehead atoms. The van der Waals surface area contributed by atoms with Gasteiger partial charge in [-0.3, -0.25) is 19.2 Å². The third-order valence-corrected chi connectivity index (χ3v) is 2.45. The van der Waals surface area contributed by atoms with E-state index in [0.717, 1.165) is 27.7 Å². The van der Waals surface area contributed by atoms with E-state index in [-0.39, 0.29) is 6.42 Å². The Morgan fingerprint density at radius 2 is 1.26 bits per heavy atom. The molecule has 0 saturated heterocycles. The number of ether oxygens (including phenoxy) is 4. The Bertz CT molecular complexity index is 457. The van der Waals surface area contributed by atoms with E-state index in [9.17, 15) is 24.0 Å². The molecule has 0 aliphatic rings. The molecular formula is C14H20O9. The minimum Gasteiger partial charge on any atom is -0.462 e. The minimum atomic E-state index is -1.30. The van der Waals surface area contributed by atoms with Crippen molar-refractivity contribution in [3.8, 4) is 0 Å². The average Bonchev–Trinajstić information content (AvgIpc) is 2.39. The summed E-state index contributed by atoms with van der Waals surface area (Å²) in [5.74, 6) is -2.85. The highest BCUT2D eigenvalue weighted by Crippen LogP contribution is 2.17. The van der Waals surface area contributed by atoms with E-state index in [1.165, 1.54) is 0 Å². The van der Waals surface area contributed by atoms with Crippen LogP contribution in [-0.2, 0) is 42.9 Å². The fourth-order valence-corrected chi connectivity index (χ4v) is 1.75. The summed E-state index contributed by atoms with van der Waals surface area (Å²) >= 11 is 0. The number of aldehydes is 1. The molecule has 0 spiro atoms. The van der Waals surface area contributed by atoms with Crippen LogP contribution in [0.4, 0.5) is 0 Å². The van der Waals surface area contributed by atoms with Crippen molar-refractivity contribution in [1.29, 1.82) is 0 Å². The predicted octanol–water partition coefficient (Wildman–Crippen LogP) is -0.0664. The minimum absolute atomic E-state index is 0.296. The highest BCUT2D eigenvalue weighted by atomic mass is 16.6. The second-order valence-electron chi connectivity index (χ2n) is 4.57. The molecule has 0 fully saturated rings. The van der Waals surface area contributed by atoms with E-state index < -0.39 is 48.8 Å². The summed E-state index contributed by atoms with van der Waals surface area (Å²) < 4.78 is 19.7. The van der Waals surface area contributed by atoms with Crippen LogP contribution in [0.25, 0.3) is 0 Å². The molecule has 0 saturated carbocycles. The Morgan fingerprint density at radius 1 is 0.783 bits per heavy atom. The smallest absolute Gasteiger partial charge is 0.303 e. The lowest BCUT2D eigenvalue weighted by atomic mass is 10.1. The van der Waals surface area contributed by atoms with Gasteiger partial charge in [0.1, 0.15) is 19.0 Å². The summed E-state index contributed by atoms with van der Waals surface area (Å²) in [6, 6.07) is 0. The highest BCUT2D eigenvalue weighted by molar-refractivity contribution is 5.69. The number of esters is 4. The standard InChI is InChI=1S/C14H20O9/c1-8(16)20-7-13(22-10(3)18)14(23-11(4)19)12(5-6-15)21-9(2)17/h6,12-14H,5,7H2,1-4H3. The van der Waals surface area contributed by atoms with Crippen molar-refractivity contribution in [3.63, 3.8) is 0 Å². The molecule has 0 aliphatic heterocycles. The molecule has 9 heteroatoms. The Balaban J connectivity index is 5.45. The number of hydrogen-bond acceptors (Lipinski definition) is 9. The van der Waals surface area contributed by atoms with E-state index in [2.05, 4.69) is 0 Å². The molecule has 0 heterocycles. The normalized spacial score (nSPS) is 13.9. The maximum absolute atomic E-state index is 11.3. The van der Waals surface area contributed by atoms with Gasteiger partial charge in [0.2, 0.25) is 0 Å². The lowest BCUT2D eigenvalue weighted by molar-refractivity contribution is -0.189. The SMILES string of the molecule is CC(=O)OCC(OC(C)=O)C(OC(C)=O)C(CC=O)OC(C)=O. The van der Waals surface area contributed by atoms with Crippen LogP contribution in [0.2, 0.25) is 0 Å². The molecule has 0 N–H and O–H groups in total. The predicted molar refractivity (Wildman–Crippen MR) is 74.0 cm³/mol. The maximum Gasteiger partial charge on any atom is 0.303 e. The van der Waals surface area contributed by atoms with E-state index in [1.54, 1.807) is 0 Å². The van der Waals surface area contributed by atoms with Crippen LogP contribution >= 0.6 is 0 Å². The molecule has 3 unspecified atom stereocenters. The number of carbonyl (C=O) groups is 5. The Kier molecular flexibility index (Phi) is 9.21. The lowest BCUT2D eigenvalue weighted by Gasteiger charge is -2.30. The van der Waals surface area contributed by atoms with Crippen molar-refractivity contribution in [2.75, 3.05) is 6.61 Å². The van der Waals surface area contributed by atoms with Gasteiger partial charge >= 0.3 is 23.9 Å². The Hall–Kier alpha value is -2.45. The lowest BCUT2D eigenvalue weighted by Crippen LogP contribution is -2.47. The first-order valence-corrected chi connectivity index (χ1v) is 6.76. The van der Waals surface area contributed by atoms with E-state index in [4.69, 9.17) is 18.9 Å². The summed E-state index contributed by atoms with van der Waals surface area (Å²) in [7, 11) is 0. The van der Waals surface area contributed by atoms with Crippen molar-refractivity contribution in [3.05, 3.63) is 0 Å². The largest absolute Gasteiger partial charge is 0.462 e. The summed E-state index contributed by atoms with van der Waals surface area (Å²) in [5.41, 5.74) is 0. The molecule has 0 aromatic rings. The van der Waals surface area contributed by atoms with Gasteiger partial charge < -0.3 is 23.7 Å². The van der Waals surface area contributed by atoms with Gasteiger partial charge in [0, 0.05) is 34.1 Å². The van der Waals surface area contributed by atoms with Gasteiger partial charge in [-0.15, -0.1) is 0 Å². The van der Waals surface area contributed by atoms with Crippen LogP contribution in [-0.4, -0.2) is 55.1 Å². The third kappa shape index (κ3) is 9.22. The monoisotopic (exact) mass is 332 g/mol. The van der Waals surface area contributed by atoms with Gasteiger partial charge in [0.25, 0.3) is 0 Å². The van der Waals surface area contributed by atoms with Crippen LogP contribution in [0.3, 0.4) is 0 Å². The molecule has 0 radical (unpaired) electrons. The topological polar surface area (TPSA) is 122 Å². The maximum atomic E-state index is 11.3. The molecule has 0 aliphatic carbocycles. The number of hydrogen-bond donors (Lipinski definition) is 0. The van der Waals surface area contributed by atoms with Crippen LogP contribution in [0.1, 0.15) is 34.1 Å². The Morgan fingerprint density at radius 3 is 1.65 bits per heavy atom. The zero-order valence-electron chi connectivity index (χ0n) is 13.4. The molecular weight excluding hydrogens is 312 g/mol. The van der Waals surface area contributed by atoms with Crippen molar-refractivity contribution < 1.29 is 42.9 Å². The second-order valence-corrected chi connectivity index (χ2v) is 4.57. The van der Waals surface area contributed by atoms with Crippen molar-refractivity contribution in [2.24, 2.45) is 0 Å². The van der Waals surface area contributed by atoms with Gasteiger partial charge in [0.15, 0.2) is 12.2 Å². The van der Waals surface area contributed by atoms with Crippen LogP contribution < -0.4 is 0 Å². The fourth-order valence-electron chi connectivity index (χ4n) is 1.75. The van der Waals surface area contributed by atoms with Crippen LogP contribution in [0.5, 0.6) is 0 Å². The molecule has 9 nitrogen and oxygen atoms in total. The van der Waals surface area contributed by atoms with Crippen molar-refractivity contribution in [1.82, 2.24) is 0 Å². The Labute approximate surface area is 133 Å².